The predicted octanol–water partition coefficient (Wildman–Crippen LogP) is 4.10. The number of hydrogen-bond acceptors (Lipinski definition) is 2. The van der Waals surface area contributed by atoms with Crippen molar-refractivity contribution in [2.75, 3.05) is 5.32 Å². The number of benzene rings is 1. The molecule has 0 spiro atoms. The quantitative estimate of drug-likeness (QED) is 0.847. The van der Waals surface area contributed by atoms with E-state index in [0.29, 0.717) is 17.9 Å². The lowest BCUT2D eigenvalue weighted by atomic mass is 9.78. The van der Waals surface area contributed by atoms with Gasteiger partial charge in [0.2, 0.25) is 0 Å². The van der Waals surface area contributed by atoms with Crippen LogP contribution in [0, 0.1) is 30.1 Å². The SMILES string of the molecule is Cc1ccc(C#N)cc1NC1C(C)CCCC1C. The summed E-state index contributed by atoms with van der Waals surface area (Å²) in [6.07, 6.45) is 3.95. The van der Waals surface area contributed by atoms with E-state index in [1.54, 1.807) is 0 Å². The van der Waals surface area contributed by atoms with Gasteiger partial charge in [-0.05, 0) is 49.3 Å². The van der Waals surface area contributed by atoms with Gasteiger partial charge in [-0.15, -0.1) is 0 Å². The topological polar surface area (TPSA) is 35.8 Å². The first-order valence-electron chi connectivity index (χ1n) is 6.89. The van der Waals surface area contributed by atoms with E-state index in [1.165, 1.54) is 24.8 Å². The van der Waals surface area contributed by atoms with Gasteiger partial charge in [0, 0.05) is 11.7 Å². The molecule has 0 aromatic heterocycles. The van der Waals surface area contributed by atoms with Gasteiger partial charge in [0.05, 0.1) is 11.6 Å². The van der Waals surface area contributed by atoms with Crippen LogP contribution in [-0.4, -0.2) is 6.04 Å². The molecule has 2 heteroatoms. The van der Waals surface area contributed by atoms with E-state index in [4.69, 9.17) is 5.26 Å². The molecule has 2 rings (SSSR count). The van der Waals surface area contributed by atoms with Gasteiger partial charge >= 0.3 is 0 Å². The Labute approximate surface area is 110 Å². The molecule has 1 aliphatic carbocycles. The zero-order valence-corrected chi connectivity index (χ0v) is 11.5. The lowest BCUT2D eigenvalue weighted by Gasteiger charge is -2.36. The predicted molar refractivity (Wildman–Crippen MR) is 75.5 cm³/mol. The Morgan fingerprint density at radius 1 is 1.22 bits per heavy atom. The zero-order chi connectivity index (χ0) is 13.1. The smallest absolute Gasteiger partial charge is 0.0992 e. The maximum Gasteiger partial charge on any atom is 0.0992 e. The maximum absolute atomic E-state index is 8.98. The molecule has 2 atom stereocenters. The van der Waals surface area contributed by atoms with E-state index in [9.17, 15) is 0 Å². The summed E-state index contributed by atoms with van der Waals surface area (Å²) in [7, 11) is 0. The first kappa shape index (κ1) is 13.0. The van der Waals surface area contributed by atoms with Crippen LogP contribution < -0.4 is 5.32 Å². The molecule has 2 nitrogen and oxygen atoms in total. The second-order valence-electron chi connectivity index (χ2n) is 5.70. The first-order valence-corrected chi connectivity index (χ1v) is 6.89. The van der Waals surface area contributed by atoms with Gasteiger partial charge in [-0.3, -0.25) is 0 Å². The Morgan fingerprint density at radius 3 is 2.50 bits per heavy atom. The molecule has 1 N–H and O–H groups in total. The largest absolute Gasteiger partial charge is 0.382 e. The third-order valence-electron chi connectivity index (χ3n) is 4.23. The van der Waals surface area contributed by atoms with Gasteiger partial charge in [0.1, 0.15) is 0 Å². The lowest BCUT2D eigenvalue weighted by molar-refractivity contribution is 0.268. The van der Waals surface area contributed by atoms with Gasteiger partial charge < -0.3 is 5.32 Å². The van der Waals surface area contributed by atoms with E-state index in [2.05, 4.69) is 32.2 Å². The Bertz CT molecular complexity index is 449. The zero-order valence-electron chi connectivity index (χ0n) is 11.5. The van der Waals surface area contributed by atoms with E-state index >= 15 is 0 Å². The second kappa shape index (κ2) is 5.44. The van der Waals surface area contributed by atoms with Crippen LogP contribution in [0.3, 0.4) is 0 Å². The molecule has 0 saturated heterocycles. The van der Waals surface area contributed by atoms with Crippen LogP contribution in [-0.2, 0) is 0 Å². The standard InChI is InChI=1S/C16H22N2/c1-11-7-8-14(10-17)9-15(11)18-16-12(2)5-4-6-13(16)3/h7-9,12-13,16,18H,4-6H2,1-3H3. The van der Waals surface area contributed by atoms with Crippen LogP contribution in [0.5, 0.6) is 0 Å². The molecule has 96 valence electrons. The Hall–Kier alpha value is -1.49. The minimum atomic E-state index is 0.534. The molecular formula is C16H22N2. The van der Waals surface area contributed by atoms with Gasteiger partial charge in [-0.1, -0.05) is 26.3 Å². The van der Waals surface area contributed by atoms with Crippen molar-refractivity contribution in [3.05, 3.63) is 29.3 Å². The summed E-state index contributed by atoms with van der Waals surface area (Å²) >= 11 is 0. The third-order valence-corrected chi connectivity index (χ3v) is 4.23. The molecular weight excluding hydrogens is 220 g/mol. The number of hydrogen-bond donors (Lipinski definition) is 1. The number of anilines is 1. The Kier molecular flexibility index (Phi) is 3.91. The number of nitrogens with one attached hydrogen (secondary N) is 1. The van der Waals surface area contributed by atoms with E-state index in [1.807, 2.05) is 18.2 Å². The number of aryl methyl sites for hydroxylation is 1. The Morgan fingerprint density at radius 2 is 1.89 bits per heavy atom. The fourth-order valence-electron chi connectivity index (χ4n) is 2.99. The summed E-state index contributed by atoms with van der Waals surface area (Å²) in [6.45, 7) is 6.76. The summed E-state index contributed by atoms with van der Waals surface area (Å²) in [5.74, 6) is 1.41. The van der Waals surface area contributed by atoms with Crippen molar-refractivity contribution in [1.29, 1.82) is 5.26 Å². The summed E-state index contributed by atoms with van der Waals surface area (Å²) < 4.78 is 0. The highest BCUT2D eigenvalue weighted by Gasteiger charge is 2.27. The molecule has 0 heterocycles. The normalized spacial score (nSPS) is 27.6. The average Bonchev–Trinajstić information content (AvgIpc) is 2.36. The highest BCUT2D eigenvalue weighted by Crippen LogP contribution is 2.32. The highest BCUT2D eigenvalue weighted by atomic mass is 14.9. The molecule has 0 aliphatic heterocycles. The van der Waals surface area contributed by atoms with Crippen LogP contribution in [0.25, 0.3) is 0 Å². The van der Waals surface area contributed by atoms with Gasteiger partial charge in [0.25, 0.3) is 0 Å². The third kappa shape index (κ3) is 2.67. The molecule has 0 bridgehead atoms. The van der Waals surface area contributed by atoms with Crippen LogP contribution in [0.4, 0.5) is 5.69 Å². The Balaban J connectivity index is 2.20. The molecule has 0 amide bonds. The van der Waals surface area contributed by atoms with Gasteiger partial charge in [0.15, 0.2) is 0 Å². The van der Waals surface area contributed by atoms with Crippen molar-refractivity contribution in [3.63, 3.8) is 0 Å². The fourth-order valence-corrected chi connectivity index (χ4v) is 2.99. The molecule has 18 heavy (non-hydrogen) atoms. The van der Waals surface area contributed by atoms with Crippen LogP contribution in [0.15, 0.2) is 18.2 Å². The molecule has 1 fully saturated rings. The molecule has 1 aromatic rings. The average molecular weight is 242 g/mol. The van der Waals surface area contributed by atoms with E-state index in [-0.39, 0.29) is 0 Å². The molecule has 1 aliphatic rings. The summed E-state index contributed by atoms with van der Waals surface area (Å²) in [5, 5.41) is 12.7. The number of rotatable bonds is 2. The molecule has 0 radical (unpaired) electrons. The van der Waals surface area contributed by atoms with Crippen LogP contribution in [0.1, 0.15) is 44.2 Å². The van der Waals surface area contributed by atoms with Crippen molar-refractivity contribution in [2.45, 2.75) is 46.1 Å². The van der Waals surface area contributed by atoms with Crippen molar-refractivity contribution >= 4 is 5.69 Å². The monoisotopic (exact) mass is 242 g/mol. The van der Waals surface area contributed by atoms with E-state index in [0.717, 1.165) is 11.3 Å². The van der Waals surface area contributed by atoms with Crippen LogP contribution >= 0.6 is 0 Å². The van der Waals surface area contributed by atoms with Crippen LogP contribution in [0.2, 0.25) is 0 Å². The first-order chi connectivity index (χ1) is 8.61. The van der Waals surface area contributed by atoms with Crippen molar-refractivity contribution in [2.24, 2.45) is 11.8 Å². The lowest BCUT2D eigenvalue weighted by Crippen LogP contribution is -2.37. The minimum Gasteiger partial charge on any atom is -0.382 e. The number of nitriles is 1. The molecule has 2 unspecified atom stereocenters. The van der Waals surface area contributed by atoms with Crippen molar-refractivity contribution < 1.29 is 0 Å². The molecule has 1 aromatic carbocycles. The summed E-state index contributed by atoms with van der Waals surface area (Å²) in [4.78, 5) is 0. The highest BCUT2D eigenvalue weighted by molar-refractivity contribution is 5.55. The number of nitrogens with zero attached hydrogens (tertiary/aromatic N) is 1. The van der Waals surface area contributed by atoms with E-state index < -0.39 is 0 Å². The second-order valence-corrected chi connectivity index (χ2v) is 5.70. The van der Waals surface area contributed by atoms with Crippen molar-refractivity contribution in [3.8, 4) is 6.07 Å². The van der Waals surface area contributed by atoms with Gasteiger partial charge in [-0.25, -0.2) is 0 Å². The summed E-state index contributed by atoms with van der Waals surface area (Å²) in [6, 6.07) is 8.63. The molecule has 1 saturated carbocycles. The maximum atomic E-state index is 8.98. The fraction of sp³-hybridized carbons (Fsp3) is 0.562. The minimum absolute atomic E-state index is 0.534. The van der Waals surface area contributed by atoms with Gasteiger partial charge in [-0.2, -0.15) is 5.26 Å². The van der Waals surface area contributed by atoms with Crippen molar-refractivity contribution in [1.82, 2.24) is 0 Å². The summed E-state index contributed by atoms with van der Waals surface area (Å²) in [5.41, 5.74) is 3.08.